The monoisotopic (exact) mass is 377 g/mol. The molecule has 0 bridgehead atoms. The first-order chi connectivity index (χ1) is 13.7. The Balaban J connectivity index is 1.26. The minimum absolute atomic E-state index is 0.327. The summed E-state index contributed by atoms with van der Waals surface area (Å²) in [5, 5.41) is 0. The molecule has 0 atom stereocenters. The maximum Gasteiger partial charge on any atom is 0.222 e. The van der Waals surface area contributed by atoms with E-state index >= 15 is 0 Å². The van der Waals surface area contributed by atoms with Gasteiger partial charge in [-0.05, 0) is 74.3 Å². The summed E-state index contributed by atoms with van der Waals surface area (Å²) >= 11 is 0. The molecule has 4 heteroatoms. The summed E-state index contributed by atoms with van der Waals surface area (Å²) in [6, 6.07) is 14.6. The van der Waals surface area contributed by atoms with Crippen LogP contribution in [0.1, 0.15) is 43.2 Å². The van der Waals surface area contributed by atoms with E-state index in [1.807, 2.05) is 24.5 Å². The third kappa shape index (κ3) is 4.79. The van der Waals surface area contributed by atoms with E-state index in [2.05, 4.69) is 45.1 Å². The Morgan fingerprint density at radius 3 is 2.50 bits per heavy atom. The number of aryl methyl sites for hydroxylation is 1. The number of hydrogen-bond acceptors (Lipinski definition) is 3. The Labute approximate surface area is 168 Å². The summed E-state index contributed by atoms with van der Waals surface area (Å²) in [4.78, 5) is 21.4. The van der Waals surface area contributed by atoms with E-state index in [0.29, 0.717) is 17.7 Å². The van der Waals surface area contributed by atoms with Crippen molar-refractivity contribution in [2.75, 3.05) is 26.2 Å². The quantitative estimate of drug-likeness (QED) is 0.766. The molecule has 0 radical (unpaired) electrons. The van der Waals surface area contributed by atoms with Gasteiger partial charge in [-0.3, -0.25) is 9.78 Å². The Morgan fingerprint density at radius 1 is 0.964 bits per heavy atom. The molecule has 2 aromatic rings. The van der Waals surface area contributed by atoms with Gasteiger partial charge in [-0.25, -0.2) is 0 Å². The average Bonchev–Trinajstić information content (AvgIpc) is 2.74. The van der Waals surface area contributed by atoms with Gasteiger partial charge in [-0.2, -0.15) is 0 Å². The van der Waals surface area contributed by atoms with Crippen LogP contribution in [0.25, 0.3) is 0 Å². The van der Waals surface area contributed by atoms with Gasteiger partial charge in [-0.15, -0.1) is 0 Å². The van der Waals surface area contributed by atoms with E-state index in [1.165, 1.54) is 43.5 Å². The molecule has 1 aromatic carbocycles. The summed E-state index contributed by atoms with van der Waals surface area (Å²) in [6.45, 7) is 5.19. The highest BCUT2D eigenvalue weighted by atomic mass is 16.2. The third-order valence-electron chi connectivity index (χ3n) is 6.54. The van der Waals surface area contributed by atoms with Crippen molar-refractivity contribution in [2.45, 2.75) is 45.1 Å². The fourth-order valence-corrected chi connectivity index (χ4v) is 4.76. The number of carbonyl (C=O) groups excluding carboxylic acids is 1. The van der Waals surface area contributed by atoms with Crippen molar-refractivity contribution in [3.63, 3.8) is 0 Å². The number of aromatic nitrogens is 1. The Kier molecular flexibility index (Phi) is 6.06. The standard InChI is InChI=1S/C24H31N3O/c28-23-10-11-24(20-27(23)19-22-6-2-1-3-7-22)12-16-26(17-13-24)15-5-9-21-8-4-14-25-18-21/h1-4,6-8,14,18H,5,9-13,15-17,19-20H2. The molecule has 2 aliphatic heterocycles. The van der Waals surface area contributed by atoms with Gasteiger partial charge in [0, 0.05) is 31.9 Å². The highest BCUT2D eigenvalue weighted by Crippen LogP contribution is 2.40. The SMILES string of the molecule is O=C1CCC2(CCN(CCCc3cccnc3)CC2)CN1Cc1ccccc1. The van der Waals surface area contributed by atoms with Crippen molar-refractivity contribution >= 4 is 5.91 Å². The molecule has 4 nitrogen and oxygen atoms in total. The van der Waals surface area contributed by atoms with Gasteiger partial charge in [0.05, 0.1) is 0 Å². The van der Waals surface area contributed by atoms with Crippen LogP contribution in [0.2, 0.25) is 0 Å². The molecular formula is C24H31N3O. The fraction of sp³-hybridized carbons (Fsp3) is 0.500. The minimum atomic E-state index is 0.327. The molecule has 148 valence electrons. The molecule has 2 fully saturated rings. The predicted molar refractivity (Wildman–Crippen MR) is 112 cm³/mol. The smallest absolute Gasteiger partial charge is 0.222 e. The van der Waals surface area contributed by atoms with E-state index in [4.69, 9.17) is 0 Å². The zero-order valence-corrected chi connectivity index (χ0v) is 16.7. The lowest BCUT2D eigenvalue weighted by Gasteiger charge is -2.47. The molecule has 2 aliphatic rings. The van der Waals surface area contributed by atoms with Crippen LogP contribution in [-0.4, -0.2) is 46.9 Å². The van der Waals surface area contributed by atoms with Crippen molar-refractivity contribution in [1.29, 1.82) is 0 Å². The molecule has 2 saturated heterocycles. The highest BCUT2D eigenvalue weighted by molar-refractivity contribution is 5.77. The van der Waals surface area contributed by atoms with Gasteiger partial charge in [0.15, 0.2) is 0 Å². The lowest BCUT2D eigenvalue weighted by molar-refractivity contribution is -0.139. The lowest BCUT2D eigenvalue weighted by Crippen LogP contribution is -2.51. The predicted octanol–water partition coefficient (Wildman–Crippen LogP) is 3.92. The van der Waals surface area contributed by atoms with Crippen molar-refractivity contribution in [3.05, 3.63) is 66.0 Å². The van der Waals surface area contributed by atoms with Crippen molar-refractivity contribution < 1.29 is 4.79 Å². The van der Waals surface area contributed by atoms with Gasteiger partial charge < -0.3 is 9.80 Å². The number of amides is 1. The van der Waals surface area contributed by atoms with Crippen LogP contribution in [0.5, 0.6) is 0 Å². The third-order valence-corrected chi connectivity index (χ3v) is 6.54. The normalized spacial score (nSPS) is 19.9. The Bertz CT molecular complexity index is 754. The summed E-state index contributed by atoms with van der Waals surface area (Å²) in [5.74, 6) is 0.327. The second-order valence-electron chi connectivity index (χ2n) is 8.54. The topological polar surface area (TPSA) is 36.4 Å². The van der Waals surface area contributed by atoms with Gasteiger partial charge in [0.25, 0.3) is 0 Å². The van der Waals surface area contributed by atoms with Gasteiger partial charge in [0.2, 0.25) is 5.91 Å². The molecule has 4 rings (SSSR count). The Hall–Kier alpha value is -2.20. The van der Waals surface area contributed by atoms with Crippen LogP contribution in [0, 0.1) is 5.41 Å². The van der Waals surface area contributed by atoms with E-state index in [0.717, 1.165) is 32.5 Å². The molecular weight excluding hydrogens is 346 g/mol. The molecule has 1 amide bonds. The first-order valence-corrected chi connectivity index (χ1v) is 10.7. The zero-order chi connectivity index (χ0) is 19.2. The number of carbonyl (C=O) groups is 1. The van der Waals surface area contributed by atoms with Crippen molar-refractivity contribution in [3.8, 4) is 0 Å². The molecule has 28 heavy (non-hydrogen) atoms. The maximum atomic E-state index is 12.5. The number of benzene rings is 1. The molecule has 1 aromatic heterocycles. The van der Waals surface area contributed by atoms with E-state index in [-0.39, 0.29) is 0 Å². The number of piperidine rings is 2. The van der Waals surface area contributed by atoms with Crippen LogP contribution >= 0.6 is 0 Å². The number of hydrogen-bond donors (Lipinski definition) is 0. The van der Waals surface area contributed by atoms with Gasteiger partial charge in [0.1, 0.15) is 0 Å². The molecule has 3 heterocycles. The van der Waals surface area contributed by atoms with E-state index in [1.54, 1.807) is 0 Å². The minimum Gasteiger partial charge on any atom is -0.338 e. The average molecular weight is 378 g/mol. The van der Waals surface area contributed by atoms with Crippen LogP contribution < -0.4 is 0 Å². The molecule has 0 saturated carbocycles. The molecule has 0 N–H and O–H groups in total. The number of likely N-dealkylation sites (tertiary alicyclic amines) is 2. The lowest BCUT2D eigenvalue weighted by atomic mass is 9.72. The number of rotatable bonds is 6. The summed E-state index contributed by atoms with van der Waals surface area (Å²) < 4.78 is 0. The van der Waals surface area contributed by atoms with Gasteiger partial charge in [-0.1, -0.05) is 36.4 Å². The maximum absolute atomic E-state index is 12.5. The van der Waals surface area contributed by atoms with Crippen LogP contribution in [0.3, 0.4) is 0 Å². The summed E-state index contributed by atoms with van der Waals surface area (Å²) in [5.41, 5.74) is 2.90. The van der Waals surface area contributed by atoms with Crippen LogP contribution in [-0.2, 0) is 17.8 Å². The van der Waals surface area contributed by atoms with Crippen LogP contribution in [0.15, 0.2) is 54.9 Å². The summed E-state index contributed by atoms with van der Waals surface area (Å²) in [7, 11) is 0. The Morgan fingerprint density at radius 2 is 1.75 bits per heavy atom. The first-order valence-electron chi connectivity index (χ1n) is 10.7. The van der Waals surface area contributed by atoms with Crippen molar-refractivity contribution in [1.82, 2.24) is 14.8 Å². The number of nitrogens with zero attached hydrogens (tertiary/aromatic N) is 3. The molecule has 0 aliphatic carbocycles. The van der Waals surface area contributed by atoms with E-state index < -0.39 is 0 Å². The van der Waals surface area contributed by atoms with Crippen LogP contribution in [0.4, 0.5) is 0 Å². The van der Waals surface area contributed by atoms with Crippen molar-refractivity contribution in [2.24, 2.45) is 5.41 Å². The molecule has 0 unspecified atom stereocenters. The largest absolute Gasteiger partial charge is 0.338 e. The second-order valence-corrected chi connectivity index (χ2v) is 8.54. The highest BCUT2D eigenvalue weighted by Gasteiger charge is 2.40. The fourth-order valence-electron chi connectivity index (χ4n) is 4.76. The number of pyridine rings is 1. The van der Waals surface area contributed by atoms with E-state index in [9.17, 15) is 4.79 Å². The second kappa shape index (κ2) is 8.87. The first kappa shape index (κ1) is 19.1. The van der Waals surface area contributed by atoms with Gasteiger partial charge >= 0.3 is 0 Å². The summed E-state index contributed by atoms with van der Waals surface area (Å²) in [6.07, 6.45) is 10.3. The molecule has 1 spiro atoms. The zero-order valence-electron chi connectivity index (χ0n) is 16.7.